The van der Waals surface area contributed by atoms with E-state index in [1.807, 2.05) is 0 Å². The minimum Gasteiger partial charge on any atom is -0.364 e. The van der Waals surface area contributed by atoms with Gasteiger partial charge >= 0.3 is 0 Å². The number of aliphatic hydroxyl groups excluding tert-OH is 1. The van der Waals surface area contributed by atoms with Gasteiger partial charge in [-0.15, -0.1) is 0 Å². The Morgan fingerprint density at radius 3 is 1.11 bits per heavy atom. The smallest absolute Gasteiger partial charge is 0.270 e. The quantitative estimate of drug-likeness (QED) is 0.148. The molecule has 0 aliphatic rings. The zero-order valence-electron chi connectivity index (χ0n) is 17.3. The molecular formula is C21H44O6. The Morgan fingerprint density at radius 2 is 0.815 bits per heavy atom. The average Bonchev–Trinajstić information content (AvgIpc) is 2.61. The minimum absolute atomic E-state index is 0.323. The lowest BCUT2D eigenvalue weighted by atomic mass is 9.97. The largest absolute Gasteiger partial charge is 0.364 e. The number of hydrogen-bond donors (Lipinski definition) is 6. The highest BCUT2D eigenvalue weighted by atomic mass is 16.6. The summed E-state index contributed by atoms with van der Waals surface area (Å²) in [4.78, 5) is 0. The van der Waals surface area contributed by atoms with Crippen molar-refractivity contribution in [3.63, 3.8) is 0 Å². The molecule has 0 aliphatic heterocycles. The van der Waals surface area contributed by atoms with Crippen LogP contribution in [0.3, 0.4) is 0 Å². The van der Waals surface area contributed by atoms with Crippen molar-refractivity contribution in [1.82, 2.24) is 0 Å². The second-order valence-electron chi connectivity index (χ2n) is 7.97. The Labute approximate surface area is 165 Å². The summed E-state index contributed by atoms with van der Waals surface area (Å²) in [5.41, 5.74) is 0. The van der Waals surface area contributed by atoms with Gasteiger partial charge in [-0.1, -0.05) is 103 Å². The van der Waals surface area contributed by atoms with Crippen molar-refractivity contribution in [2.75, 3.05) is 0 Å². The van der Waals surface area contributed by atoms with Gasteiger partial charge in [0.25, 0.3) is 5.79 Å². The van der Waals surface area contributed by atoms with E-state index in [4.69, 9.17) is 10.2 Å². The van der Waals surface area contributed by atoms with Gasteiger partial charge < -0.3 is 30.6 Å². The van der Waals surface area contributed by atoms with Crippen molar-refractivity contribution in [3.05, 3.63) is 0 Å². The van der Waals surface area contributed by atoms with Crippen molar-refractivity contribution in [2.45, 2.75) is 134 Å². The zero-order chi connectivity index (χ0) is 20.6. The molecule has 164 valence electrons. The summed E-state index contributed by atoms with van der Waals surface area (Å²) in [6.45, 7) is 2.25. The molecule has 0 rings (SSSR count). The number of aliphatic hydroxyl groups is 6. The first-order valence-corrected chi connectivity index (χ1v) is 11.0. The summed E-state index contributed by atoms with van der Waals surface area (Å²) >= 11 is 0. The van der Waals surface area contributed by atoms with Gasteiger partial charge in [-0.3, -0.25) is 0 Å². The molecule has 0 saturated carbocycles. The van der Waals surface area contributed by atoms with Gasteiger partial charge in [-0.25, -0.2) is 0 Å². The lowest BCUT2D eigenvalue weighted by molar-refractivity contribution is -0.414. The Morgan fingerprint density at radius 1 is 0.519 bits per heavy atom. The van der Waals surface area contributed by atoms with E-state index in [0.717, 1.165) is 19.3 Å². The third-order valence-corrected chi connectivity index (χ3v) is 5.33. The average molecular weight is 393 g/mol. The summed E-state index contributed by atoms with van der Waals surface area (Å²) in [5, 5.41) is 55.3. The molecule has 6 N–H and O–H groups in total. The number of rotatable bonds is 19. The van der Waals surface area contributed by atoms with E-state index in [-0.39, 0.29) is 6.42 Å². The second kappa shape index (κ2) is 15.7. The highest BCUT2D eigenvalue weighted by molar-refractivity contribution is 4.83. The predicted molar refractivity (Wildman–Crippen MR) is 107 cm³/mol. The summed E-state index contributed by atoms with van der Waals surface area (Å²) in [7, 11) is 0. The molecule has 0 radical (unpaired) electrons. The molecule has 0 fully saturated rings. The molecule has 0 aliphatic carbocycles. The lowest BCUT2D eigenvalue weighted by Crippen LogP contribution is -2.61. The summed E-state index contributed by atoms with van der Waals surface area (Å²) in [6, 6.07) is 0. The highest BCUT2D eigenvalue weighted by Crippen LogP contribution is 2.26. The number of hydrogen-bond acceptors (Lipinski definition) is 6. The molecule has 0 heterocycles. The van der Waals surface area contributed by atoms with E-state index in [2.05, 4.69) is 6.92 Å². The first kappa shape index (κ1) is 26.8. The van der Waals surface area contributed by atoms with Crippen molar-refractivity contribution in [3.8, 4) is 0 Å². The van der Waals surface area contributed by atoms with Crippen LogP contribution in [0.15, 0.2) is 0 Å². The van der Waals surface area contributed by atoms with Gasteiger partial charge in [0.05, 0.1) is 0 Å². The van der Waals surface area contributed by atoms with Crippen LogP contribution in [-0.2, 0) is 0 Å². The Kier molecular flexibility index (Phi) is 15.5. The third kappa shape index (κ3) is 12.8. The van der Waals surface area contributed by atoms with Crippen LogP contribution in [0.4, 0.5) is 0 Å². The molecular weight excluding hydrogens is 348 g/mol. The molecule has 0 aromatic rings. The van der Waals surface area contributed by atoms with Crippen molar-refractivity contribution < 1.29 is 30.6 Å². The summed E-state index contributed by atoms with van der Waals surface area (Å²) < 4.78 is 0. The molecule has 0 aromatic carbocycles. The lowest BCUT2D eigenvalue weighted by Gasteiger charge is -2.35. The van der Waals surface area contributed by atoms with Crippen molar-refractivity contribution in [2.24, 2.45) is 0 Å². The van der Waals surface area contributed by atoms with Crippen LogP contribution in [0.5, 0.6) is 0 Å². The topological polar surface area (TPSA) is 121 Å². The van der Waals surface area contributed by atoms with Crippen molar-refractivity contribution >= 4 is 0 Å². The van der Waals surface area contributed by atoms with Crippen LogP contribution in [0.25, 0.3) is 0 Å². The Hall–Kier alpha value is -0.240. The fourth-order valence-corrected chi connectivity index (χ4v) is 3.31. The first-order valence-electron chi connectivity index (χ1n) is 11.0. The first-order chi connectivity index (χ1) is 12.8. The molecule has 0 saturated heterocycles. The van der Waals surface area contributed by atoms with Crippen LogP contribution in [0.2, 0.25) is 0 Å². The highest BCUT2D eigenvalue weighted by Gasteiger charge is 2.51. The van der Waals surface area contributed by atoms with E-state index in [0.29, 0.717) is 6.42 Å². The van der Waals surface area contributed by atoms with Gasteiger partial charge in [0.15, 0.2) is 0 Å². The maximum absolute atomic E-state index is 9.56. The molecule has 0 unspecified atom stereocenters. The normalized spacial score (nSPS) is 12.9. The van der Waals surface area contributed by atoms with Crippen molar-refractivity contribution in [1.29, 1.82) is 0 Å². The summed E-state index contributed by atoms with van der Waals surface area (Å²) in [6.07, 6.45) is 16.1. The number of unbranched alkanes of at least 4 members (excludes halogenated alkanes) is 15. The van der Waals surface area contributed by atoms with Crippen LogP contribution in [0, 0.1) is 0 Å². The molecule has 0 spiro atoms. The summed E-state index contributed by atoms with van der Waals surface area (Å²) in [5.74, 6) is -6.28. The van der Waals surface area contributed by atoms with Gasteiger partial charge in [0, 0.05) is 6.42 Å². The minimum atomic E-state index is -3.34. The maximum atomic E-state index is 9.56. The van der Waals surface area contributed by atoms with Gasteiger partial charge in [-0.2, -0.15) is 0 Å². The van der Waals surface area contributed by atoms with E-state index >= 15 is 0 Å². The molecule has 0 atom stereocenters. The fraction of sp³-hybridized carbons (Fsp3) is 1.00. The fourth-order valence-electron chi connectivity index (χ4n) is 3.31. The third-order valence-electron chi connectivity index (χ3n) is 5.33. The predicted octanol–water partition coefficient (Wildman–Crippen LogP) is 3.31. The molecule has 6 nitrogen and oxygen atoms in total. The Bertz CT molecular complexity index is 331. The van der Waals surface area contributed by atoms with E-state index in [1.165, 1.54) is 77.0 Å². The van der Waals surface area contributed by atoms with Gasteiger partial charge in [0.1, 0.15) is 0 Å². The maximum Gasteiger partial charge on any atom is 0.270 e. The van der Waals surface area contributed by atoms with Crippen LogP contribution in [0.1, 0.15) is 116 Å². The standard InChI is InChI=1S/C21H44O6/c1-2-3-4-5-6-7-8-9-10-11-12-13-14-15-16-17-18-20(24,25)21(26,27)19(22)23/h19,22-27H,2-18H2,1H3. The van der Waals surface area contributed by atoms with Gasteiger partial charge in [0.2, 0.25) is 12.1 Å². The molecule has 27 heavy (non-hydrogen) atoms. The van der Waals surface area contributed by atoms with Crippen LogP contribution in [-0.4, -0.2) is 48.5 Å². The molecule has 0 amide bonds. The van der Waals surface area contributed by atoms with Crippen LogP contribution < -0.4 is 0 Å². The monoisotopic (exact) mass is 392 g/mol. The molecule has 0 bridgehead atoms. The molecule has 6 heteroatoms. The van der Waals surface area contributed by atoms with Crippen LogP contribution >= 0.6 is 0 Å². The Balaban J connectivity index is 3.39. The second-order valence-corrected chi connectivity index (χ2v) is 7.97. The SMILES string of the molecule is CCCCCCCCCCCCCCCCCCC(O)(O)C(O)(O)C(O)O. The van der Waals surface area contributed by atoms with Gasteiger partial charge in [-0.05, 0) is 6.42 Å². The molecule has 0 aromatic heterocycles. The van der Waals surface area contributed by atoms with E-state index < -0.39 is 17.9 Å². The van der Waals surface area contributed by atoms with E-state index in [9.17, 15) is 20.4 Å². The zero-order valence-corrected chi connectivity index (χ0v) is 17.3. The van der Waals surface area contributed by atoms with E-state index in [1.54, 1.807) is 0 Å².